The Bertz CT molecular complexity index is 956. The molecule has 3 rings (SSSR count). The Labute approximate surface area is 158 Å². The Morgan fingerprint density at radius 3 is 2.81 bits per heavy atom. The summed E-state index contributed by atoms with van der Waals surface area (Å²) in [6, 6.07) is 13.8. The highest BCUT2D eigenvalue weighted by Gasteiger charge is 2.13. The van der Waals surface area contributed by atoms with Gasteiger partial charge < -0.3 is 10.1 Å². The SMILES string of the molecule is CCCCCOc1cccc(NC(=O)c2ccc3nc(C)ccc3c2)c1F. The van der Waals surface area contributed by atoms with Gasteiger partial charge in [-0.2, -0.15) is 0 Å². The first-order valence-corrected chi connectivity index (χ1v) is 9.18. The minimum atomic E-state index is -0.555. The molecule has 0 saturated heterocycles. The van der Waals surface area contributed by atoms with Gasteiger partial charge in [-0.25, -0.2) is 4.39 Å². The first-order chi connectivity index (χ1) is 13.1. The number of rotatable bonds is 7. The zero-order valence-electron chi connectivity index (χ0n) is 15.6. The summed E-state index contributed by atoms with van der Waals surface area (Å²) in [4.78, 5) is 17.0. The molecule has 0 spiro atoms. The van der Waals surface area contributed by atoms with Crippen molar-refractivity contribution in [1.82, 2.24) is 4.98 Å². The number of aryl methyl sites for hydroxylation is 1. The highest BCUT2D eigenvalue weighted by atomic mass is 19.1. The van der Waals surface area contributed by atoms with E-state index >= 15 is 0 Å². The Morgan fingerprint density at radius 2 is 2.00 bits per heavy atom. The number of benzene rings is 2. The third-order valence-corrected chi connectivity index (χ3v) is 4.31. The van der Waals surface area contributed by atoms with Crippen LogP contribution in [0.3, 0.4) is 0 Å². The maximum Gasteiger partial charge on any atom is 0.255 e. The second kappa shape index (κ2) is 8.62. The first-order valence-electron chi connectivity index (χ1n) is 9.18. The van der Waals surface area contributed by atoms with Crippen LogP contribution in [0.4, 0.5) is 10.1 Å². The van der Waals surface area contributed by atoms with E-state index in [2.05, 4.69) is 17.2 Å². The molecular weight excluding hydrogens is 343 g/mol. The van der Waals surface area contributed by atoms with Crippen molar-refractivity contribution in [2.75, 3.05) is 11.9 Å². The third-order valence-electron chi connectivity index (χ3n) is 4.31. The monoisotopic (exact) mass is 366 g/mol. The molecule has 3 aromatic rings. The van der Waals surface area contributed by atoms with Crippen LogP contribution >= 0.6 is 0 Å². The van der Waals surface area contributed by atoms with Crippen molar-refractivity contribution in [2.45, 2.75) is 33.1 Å². The second-order valence-electron chi connectivity index (χ2n) is 6.49. The molecule has 27 heavy (non-hydrogen) atoms. The van der Waals surface area contributed by atoms with Crippen LogP contribution in [0.25, 0.3) is 10.9 Å². The Kier molecular flexibility index (Phi) is 6.01. The van der Waals surface area contributed by atoms with Crippen LogP contribution in [0.15, 0.2) is 48.5 Å². The van der Waals surface area contributed by atoms with Gasteiger partial charge in [-0.1, -0.05) is 31.9 Å². The number of carbonyl (C=O) groups excluding carboxylic acids is 1. The fraction of sp³-hybridized carbons (Fsp3) is 0.273. The molecule has 0 aliphatic heterocycles. The number of amides is 1. The van der Waals surface area contributed by atoms with Gasteiger partial charge in [-0.15, -0.1) is 0 Å². The summed E-state index contributed by atoms with van der Waals surface area (Å²) in [6.07, 6.45) is 2.98. The molecule has 4 nitrogen and oxygen atoms in total. The van der Waals surface area contributed by atoms with Crippen LogP contribution < -0.4 is 10.1 Å². The lowest BCUT2D eigenvalue weighted by Gasteiger charge is -2.11. The molecule has 0 aliphatic rings. The van der Waals surface area contributed by atoms with Crippen LogP contribution in [0.5, 0.6) is 5.75 Å². The van der Waals surface area contributed by atoms with Crippen molar-refractivity contribution < 1.29 is 13.9 Å². The van der Waals surface area contributed by atoms with E-state index in [9.17, 15) is 9.18 Å². The molecule has 5 heteroatoms. The molecule has 1 N–H and O–H groups in total. The highest BCUT2D eigenvalue weighted by molar-refractivity contribution is 6.06. The molecule has 0 unspecified atom stereocenters. The lowest BCUT2D eigenvalue weighted by atomic mass is 10.1. The lowest BCUT2D eigenvalue weighted by molar-refractivity contribution is 0.102. The van der Waals surface area contributed by atoms with Crippen LogP contribution in [0.2, 0.25) is 0 Å². The smallest absolute Gasteiger partial charge is 0.255 e. The van der Waals surface area contributed by atoms with Gasteiger partial charge in [0, 0.05) is 16.6 Å². The summed E-state index contributed by atoms with van der Waals surface area (Å²) in [7, 11) is 0. The number of aromatic nitrogens is 1. The summed E-state index contributed by atoms with van der Waals surface area (Å²) < 4.78 is 20.1. The van der Waals surface area contributed by atoms with Gasteiger partial charge in [0.2, 0.25) is 0 Å². The van der Waals surface area contributed by atoms with Crippen LogP contribution in [0.1, 0.15) is 42.2 Å². The maximum atomic E-state index is 14.6. The van der Waals surface area contributed by atoms with Crippen molar-refractivity contribution in [3.63, 3.8) is 0 Å². The van der Waals surface area contributed by atoms with Gasteiger partial charge in [-0.05, 0) is 49.7 Å². The molecule has 0 saturated carbocycles. The summed E-state index contributed by atoms with van der Waals surface area (Å²) >= 11 is 0. The number of ether oxygens (including phenoxy) is 1. The van der Waals surface area contributed by atoms with Gasteiger partial charge in [0.15, 0.2) is 11.6 Å². The van der Waals surface area contributed by atoms with E-state index in [-0.39, 0.29) is 17.3 Å². The van der Waals surface area contributed by atoms with Gasteiger partial charge >= 0.3 is 0 Å². The van der Waals surface area contributed by atoms with Crippen molar-refractivity contribution >= 4 is 22.5 Å². The molecule has 0 radical (unpaired) electrons. The number of pyridine rings is 1. The summed E-state index contributed by atoms with van der Waals surface area (Å²) in [5, 5.41) is 3.49. The zero-order chi connectivity index (χ0) is 19.2. The number of unbranched alkanes of at least 4 members (excludes halogenated alkanes) is 2. The highest BCUT2D eigenvalue weighted by Crippen LogP contribution is 2.25. The number of halogens is 1. The van der Waals surface area contributed by atoms with E-state index in [0.717, 1.165) is 35.9 Å². The average Bonchev–Trinajstić information content (AvgIpc) is 2.67. The first kappa shape index (κ1) is 18.8. The largest absolute Gasteiger partial charge is 0.490 e. The van der Waals surface area contributed by atoms with E-state index in [1.165, 1.54) is 6.07 Å². The predicted molar refractivity (Wildman–Crippen MR) is 106 cm³/mol. The average molecular weight is 366 g/mol. The number of nitrogens with one attached hydrogen (secondary N) is 1. The second-order valence-corrected chi connectivity index (χ2v) is 6.49. The number of hydrogen-bond acceptors (Lipinski definition) is 3. The Hall–Kier alpha value is -2.95. The normalized spacial score (nSPS) is 10.8. The summed E-state index contributed by atoms with van der Waals surface area (Å²) in [6.45, 7) is 4.47. The fourth-order valence-electron chi connectivity index (χ4n) is 2.82. The van der Waals surface area contributed by atoms with Crippen molar-refractivity contribution in [2.24, 2.45) is 0 Å². The van der Waals surface area contributed by atoms with E-state index in [1.807, 2.05) is 19.1 Å². The fourth-order valence-corrected chi connectivity index (χ4v) is 2.82. The molecule has 0 fully saturated rings. The van der Waals surface area contributed by atoms with Gasteiger partial charge in [0.25, 0.3) is 5.91 Å². The van der Waals surface area contributed by atoms with Crippen molar-refractivity contribution in [3.8, 4) is 5.75 Å². The summed E-state index contributed by atoms with van der Waals surface area (Å²) in [5.41, 5.74) is 2.29. The number of carbonyl (C=O) groups is 1. The van der Waals surface area contributed by atoms with E-state index in [0.29, 0.717) is 12.2 Å². The standard InChI is InChI=1S/C22H23FN2O2/c1-3-4-5-13-27-20-8-6-7-19(21(20)23)25-22(26)17-11-12-18-16(14-17)10-9-15(2)24-18/h6-12,14H,3-5,13H2,1-2H3,(H,25,26). The number of anilines is 1. The predicted octanol–water partition coefficient (Wildman–Crippen LogP) is 5.50. The lowest BCUT2D eigenvalue weighted by Crippen LogP contribution is -2.13. The molecular formula is C22H23FN2O2. The quantitative estimate of drug-likeness (QED) is 0.562. The number of hydrogen-bond donors (Lipinski definition) is 1. The minimum absolute atomic E-state index is 0.107. The Morgan fingerprint density at radius 1 is 1.15 bits per heavy atom. The zero-order valence-corrected chi connectivity index (χ0v) is 15.6. The van der Waals surface area contributed by atoms with Crippen molar-refractivity contribution in [1.29, 1.82) is 0 Å². The van der Waals surface area contributed by atoms with Crippen molar-refractivity contribution in [3.05, 3.63) is 65.6 Å². The minimum Gasteiger partial charge on any atom is -0.490 e. The van der Waals surface area contributed by atoms with Crippen LogP contribution in [-0.2, 0) is 0 Å². The molecule has 2 aromatic carbocycles. The summed E-state index contributed by atoms with van der Waals surface area (Å²) in [5.74, 6) is -0.776. The molecule has 1 aromatic heterocycles. The van der Waals surface area contributed by atoms with E-state index < -0.39 is 5.82 Å². The number of nitrogens with zero attached hydrogens (tertiary/aromatic N) is 1. The third kappa shape index (κ3) is 4.61. The maximum absolute atomic E-state index is 14.6. The van der Waals surface area contributed by atoms with Gasteiger partial charge in [0.05, 0.1) is 17.8 Å². The van der Waals surface area contributed by atoms with E-state index in [1.54, 1.807) is 30.3 Å². The molecule has 140 valence electrons. The van der Waals surface area contributed by atoms with Crippen LogP contribution in [0, 0.1) is 12.7 Å². The Balaban J connectivity index is 1.74. The van der Waals surface area contributed by atoms with Crippen LogP contribution in [-0.4, -0.2) is 17.5 Å². The molecule has 0 atom stereocenters. The molecule has 1 heterocycles. The van der Waals surface area contributed by atoms with Gasteiger partial charge in [0.1, 0.15) is 0 Å². The molecule has 1 amide bonds. The van der Waals surface area contributed by atoms with Gasteiger partial charge in [-0.3, -0.25) is 9.78 Å². The number of fused-ring (bicyclic) bond motifs is 1. The van der Waals surface area contributed by atoms with E-state index in [4.69, 9.17) is 4.74 Å². The molecule has 0 bridgehead atoms. The molecule has 0 aliphatic carbocycles. The topological polar surface area (TPSA) is 51.2 Å².